The van der Waals surface area contributed by atoms with Crippen LogP contribution in [0.5, 0.6) is 0 Å². The van der Waals surface area contributed by atoms with Crippen molar-refractivity contribution in [1.29, 1.82) is 0 Å². The number of ether oxygens (including phenoxy) is 1. The van der Waals surface area contributed by atoms with Crippen molar-refractivity contribution < 1.29 is 4.74 Å². The summed E-state index contributed by atoms with van der Waals surface area (Å²) in [4.78, 5) is 15.5. The van der Waals surface area contributed by atoms with Crippen LogP contribution in [0.2, 0.25) is 0 Å². The van der Waals surface area contributed by atoms with Crippen LogP contribution in [0.1, 0.15) is 12.6 Å². The molecule has 9 heteroatoms. The second-order valence-electron chi connectivity index (χ2n) is 6.90. The standard InChI is InChI=1S/C19H20N8O/c1-12-10-28-6-5-26(12)18-7-14(15-8-20-11-22-13(15)2)17-9-21-19(27(17)25-18)16-3-4-23-24-16/h3-4,7-9,11-12H,5-6,10H2,1-2H3,(H,23,24)/t12-/m1/s1. The molecule has 1 atom stereocenters. The van der Waals surface area contributed by atoms with Crippen molar-refractivity contribution >= 4 is 11.3 Å². The monoisotopic (exact) mass is 376 g/mol. The van der Waals surface area contributed by atoms with Crippen LogP contribution in [0.15, 0.2) is 37.1 Å². The van der Waals surface area contributed by atoms with Gasteiger partial charge in [-0.2, -0.15) is 5.10 Å². The molecule has 1 fully saturated rings. The molecule has 1 N–H and O–H groups in total. The van der Waals surface area contributed by atoms with E-state index in [1.807, 2.05) is 29.9 Å². The zero-order chi connectivity index (χ0) is 19.1. The highest BCUT2D eigenvalue weighted by molar-refractivity contribution is 5.83. The molecule has 0 unspecified atom stereocenters. The molecule has 4 aromatic rings. The number of aromatic nitrogens is 7. The molecular weight excluding hydrogens is 356 g/mol. The first-order valence-electron chi connectivity index (χ1n) is 9.22. The maximum atomic E-state index is 5.60. The van der Waals surface area contributed by atoms with E-state index in [4.69, 9.17) is 9.84 Å². The van der Waals surface area contributed by atoms with Gasteiger partial charge in [0.15, 0.2) is 11.6 Å². The van der Waals surface area contributed by atoms with Crippen molar-refractivity contribution in [2.75, 3.05) is 24.7 Å². The van der Waals surface area contributed by atoms with Crippen LogP contribution in [0.3, 0.4) is 0 Å². The van der Waals surface area contributed by atoms with E-state index >= 15 is 0 Å². The van der Waals surface area contributed by atoms with Crippen molar-refractivity contribution in [2.45, 2.75) is 19.9 Å². The Morgan fingerprint density at radius 3 is 2.93 bits per heavy atom. The molecule has 28 heavy (non-hydrogen) atoms. The smallest absolute Gasteiger partial charge is 0.179 e. The molecule has 0 spiro atoms. The predicted octanol–water partition coefficient (Wildman–Crippen LogP) is 2.11. The van der Waals surface area contributed by atoms with E-state index in [0.717, 1.165) is 40.4 Å². The molecule has 0 aliphatic carbocycles. The Balaban J connectivity index is 1.77. The van der Waals surface area contributed by atoms with Crippen molar-refractivity contribution in [1.82, 2.24) is 34.8 Å². The summed E-state index contributed by atoms with van der Waals surface area (Å²) in [6.45, 7) is 6.28. The number of fused-ring (bicyclic) bond motifs is 1. The number of aromatic amines is 1. The fraction of sp³-hybridized carbons (Fsp3) is 0.316. The molecule has 5 heterocycles. The molecule has 0 aromatic carbocycles. The first-order chi connectivity index (χ1) is 13.7. The van der Waals surface area contributed by atoms with E-state index in [9.17, 15) is 0 Å². The first-order valence-corrected chi connectivity index (χ1v) is 9.22. The Morgan fingerprint density at radius 1 is 1.21 bits per heavy atom. The molecule has 1 aliphatic heterocycles. The van der Waals surface area contributed by atoms with Gasteiger partial charge in [-0.1, -0.05) is 0 Å². The molecule has 0 bridgehead atoms. The fourth-order valence-corrected chi connectivity index (χ4v) is 3.61. The maximum absolute atomic E-state index is 5.60. The zero-order valence-electron chi connectivity index (χ0n) is 15.7. The van der Waals surface area contributed by atoms with Crippen LogP contribution in [-0.4, -0.2) is 60.6 Å². The third-order valence-electron chi connectivity index (χ3n) is 5.09. The SMILES string of the molecule is Cc1ncncc1-c1cc(N2CCOC[C@H]2C)nn2c(-c3ccn[nH]3)ncc12. The number of nitrogens with one attached hydrogen (secondary N) is 1. The number of anilines is 1. The molecule has 4 aromatic heterocycles. The molecular formula is C19H20N8O. The first kappa shape index (κ1) is 16.8. The van der Waals surface area contributed by atoms with E-state index in [0.29, 0.717) is 19.0 Å². The molecule has 0 radical (unpaired) electrons. The van der Waals surface area contributed by atoms with E-state index in [1.165, 1.54) is 0 Å². The van der Waals surface area contributed by atoms with Crippen LogP contribution >= 0.6 is 0 Å². The van der Waals surface area contributed by atoms with Gasteiger partial charge in [-0.25, -0.2) is 19.5 Å². The maximum Gasteiger partial charge on any atom is 0.179 e. The third kappa shape index (κ3) is 2.71. The van der Waals surface area contributed by atoms with Crippen LogP contribution in [0.4, 0.5) is 5.82 Å². The van der Waals surface area contributed by atoms with E-state index in [2.05, 4.69) is 43.0 Å². The number of aryl methyl sites for hydroxylation is 1. The lowest BCUT2D eigenvalue weighted by molar-refractivity contribution is 0.0984. The number of nitrogens with zero attached hydrogens (tertiary/aromatic N) is 7. The Hall–Kier alpha value is -3.33. The van der Waals surface area contributed by atoms with Gasteiger partial charge in [0.25, 0.3) is 0 Å². The van der Waals surface area contributed by atoms with Crippen molar-refractivity contribution in [3.8, 4) is 22.6 Å². The summed E-state index contributed by atoms with van der Waals surface area (Å²) in [5.41, 5.74) is 4.58. The number of rotatable bonds is 3. The van der Waals surface area contributed by atoms with Crippen molar-refractivity contribution in [2.24, 2.45) is 0 Å². The number of hydrogen-bond acceptors (Lipinski definition) is 7. The third-order valence-corrected chi connectivity index (χ3v) is 5.09. The van der Waals surface area contributed by atoms with Crippen LogP contribution in [0.25, 0.3) is 28.2 Å². The Kier molecular flexibility index (Phi) is 4.01. The summed E-state index contributed by atoms with van der Waals surface area (Å²) < 4.78 is 7.47. The zero-order valence-corrected chi connectivity index (χ0v) is 15.7. The second kappa shape index (κ2) is 6.68. The van der Waals surface area contributed by atoms with E-state index < -0.39 is 0 Å². The minimum absolute atomic E-state index is 0.235. The summed E-state index contributed by atoms with van der Waals surface area (Å²) in [7, 11) is 0. The predicted molar refractivity (Wildman–Crippen MR) is 104 cm³/mol. The molecule has 0 amide bonds. The molecule has 1 saturated heterocycles. The summed E-state index contributed by atoms with van der Waals surface area (Å²) >= 11 is 0. The Labute approximate surface area is 161 Å². The lowest BCUT2D eigenvalue weighted by atomic mass is 10.1. The van der Waals surface area contributed by atoms with Gasteiger partial charge in [-0.05, 0) is 26.0 Å². The minimum atomic E-state index is 0.235. The molecule has 0 saturated carbocycles. The molecule has 1 aliphatic rings. The van der Waals surface area contributed by atoms with Gasteiger partial charge in [-0.15, -0.1) is 5.10 Å². The van der Waals surface area contributed by atoms with E-state index in [1.54, 1.807) is 12.5 Å². The van der Waals surface area contributed by atoms with Gasteiger partial charge in [0, 0.05) is 35.8 Å². The number of imidazole rings is 1. The lowest BCUT2D eigenvalue weighted by Crippen LogP contribution is -2.44. The molecule has 5 rings (SSSR count). The summed E-state index contributed by atoms with van der Waals surface area (Å²) in [5.74, 6) is 1.59. The lowest BCUT2D eigenvalue weighted by Gasteiger charge is -2.34. The van der Waals surface area contributed by atoms with Crippen LogP contribution < -0.4 is 4.90 Å². The van der Waals surface area contributed by atoms with Crippen molar-refractivity contribution in [3.63, 3.8) is 0 Å². The largest absolute Gasteiger partial charge is 0.377 e. The number of H-pyrrole nitrogens is 1. The molecule has 9 nitrogen and oxygen atoms in total. The summed E-state index contributed by atoms with van der Waals surface area (Å²) in [6, 6.07) is 4.22. The molecule has 142 valence electrons. The fourth-order valence-electron chi connectivity index (χ4n) is 3.61. The van der Waals surface area contributed by atoms with Crippen LogP contribution in [-0.2, 0) is 4.74 Å². The van der Waals surface area contributed by atoms with Gasteiger partial charge < -0.3 is 9.64 Å². The van der Waals surface area contributed by atoms with Crippen LogP contribution in [0, 0.1) is 6.92 Å². The number of morpholine rings is 1. The summed E-state index contributed by atoms with van der Waals surface area (Å²) in [6.07, 6.45) is 6.94. The van der Waals surface area contributed by atoms with E-state index in [-0.39, 0.29) is 6.04 Å². The average Bonchev–Trinajstić information content (AvgIpc) is 3.37. The topological polar surface area (TPSA) is 97.1 Å². The van der Waals surface area contributed by atoms with Gasteiger partial charge in [0.05, 0.1) is 31.0 Å². The second-order valence-corrected chi connectivity index (χ2v) is 6.90. The summed E-state index contributed by atoms with van der Waals surface area (Å²) in [5, 5.41) is 11.9. The van der Waals surface area contributed by atoms with Gasteiger partial charge >= 0.3 is 0 Å². The van der Waals surface area contributed by atoms with Gasteiger partial charge in [0.1, 0.15) is 12.0 Å². The van der Waals surface area contributed by atoms with Crippen molar-refractivity contribution in [3.05, 3.63) is 42.7 Å². The highest BCUT2D eigenvalue weighted by Crippen LogP contribution is 2.32. The minimum Gasteiger partial charge on any atom is -0.377 e. The Morgan fingerprint density at radius 2 is 2.14 bits per heavy atom. The average molecular weight is 376 g/mol. The Bertz CT molecular complexity index is 1120. The number of hydrogen-bond donors (Lipinski definition) is 1. The quantitative estimate of drug-likeness (QED) is 0.585. The van der Waals surface area contributed by atoms with Gasteiger partial charge in [0.2, 0.25) is 0 Å². The highest BCUT2D eigenvalue weighted by Gasteiger charge is 2.24. The van der Waals surface area contributed by atoms with Gasteiger partial charge in [-0.3, -0.25) is 5.10 Å². The highest BCUT2D eigenvalue weighted by atomic mass is 16.5. The normalized spacial score (nSPS) is 17.4.